The van der Waals surface area contributed by atoms with E-state index in [1.165, 1.54) is 5.56 Å². The number of β-amino-alcohol motifs (C(OH)–C–C–N with tert-alkyl or cyclic N) is 1. The molecule has 0 unspecified atom stereocenters. The number of hydrogen-bond acceptors (Lipinski definition) is 3. The molecular formula is C16H21N3O. The fourth-order valence-corrected chi connectivity index (χ4v) is 2.64. The van der Waals surface area contributed by atoms with Crippen molar-refractivity contribution >= 4 is 5.82 Å². The third-order valence-corrected chi connectivity index (χ3v) is 4.06. The fourth-order valence-electron chi connectivity index (χ4n) is 2.64. The molecule has 1 aromatic carbocycles. The summed E-state index contributed by atoms with van der Waals surface area (Å²) in [6.07, 6.45) is 2.78. The Labute approximate surface area is 119 Å². The van der Waals surface area contributed by atoms with Gasteiger partial charge in [0.05, 0.1) is 12.6 Å². The number of anilines is 1. The molecule has 0 radical (unpaired) electrons. The molecule has 1 aliphatic heterocycles. The first kappa shape index (κ1) is 13.2. The summed E-state index contributed by atoms with van der Waals surface area (Å²) < 4.78 is 1.95. The summed E-state index contributed by atoms with van der Waals surface area (Å²) in [7, 11) is 0. The molecule has 20 heavy (non-hydrogen) atoms. The quantitative estimate of drug-likeness (QED) is 0.930. The van der Waals surface area contributed by atoms with E-state index >= 15 is 0 Å². The number of piperidine rings is 1. The lowest BCUT2D eigenvalue weighted by Gasteiger charge is -2.34. The Balaban J connectivity index is 1.68. The maximum absolute atomic E-state index is 9.98. The van der Waals surface area contributed by atoms with E-state index in [9.17, 15) is 5.11 Å². The van der Waals surface area contributed by atoms with Gasteiger partial charge >= 0.3 is 0 Å². The van der Waals surface area contributed by atoms with Crippen molar-refractivity contribution in [2.75, 3.05) is 18.0 Å². The van der Waals surface area contributed by atoms with Gasteiger partial charge in [-0.15, -0.1) is 0 Å². The average Bonchev–Trinajstić information content (AvgIpc) is 2.91. The van der Waals surface area contributed by atoms with Gasteiger partial charge in [0.1, 0.15) is 0 Å². The second-order valence-corrected chi connectivity index (χ2v) is 5.64. The highest BCUT2D eigenvalue weighted by atomic mass is 16.3. The highest BCUT2D eigenvalue weighted by Gasteiger charge is 2.25. The van der Waals surface area contributed by atoms with Crippen LogP contribution in [0.1, 0.15) is 18.9 Å². The maximum Gasteiger partial charge on any atom is 0.150 e. The van der Waals surface area contributed by atoms with Crippen LogP contribution in [0.2, 0.25) is 0 Å². The summed E-state index contributed by atoms with van der Waals surface area (Å²) in [6.45, 7) is 4.55. The molecule has 1 aromatic heterocycles. The van der Waals surface area contributed by atoms with Crippen molar-refractivity contribution < 1.29 is 5.11 Å². The van der Waals surface area contributed by atoms with Crippen molar-refractivity contribution in [2.24, 2.45) is 5.92 Å². The molecule has 0 aliphatic carbocycles. The van der Waals surface area contributed by atoms with Gasteiger partial charge in [0.15, 0.2) is 5.82 Å². The third kappa shape index (κ3) is 2.85. The standard InChI is InChI=1S/C16H21N3O/c1-13-7-9-18(12-15(13)20)16-8-10-19(17-16)11-14-5-3-2-4-6-14/h2-6,8,10,13,15,20H,7,9,11-12H2,1H3/t13-,15-/m0/s1. The number of rotatable bonds is 3. The molecule has 0 saturated carbocycles. The van der Waals surface area contributed by atoms with E-state index in [2.05, 4.69) is 29.1 Å². The Hall–Kier alpha value is -1.81. The van der Waals surface area contributed by atoms with E-state index in [4.69, 9.17) is 0 Å². The lowest BCUT2D eigenvalue weighted by atomic mass is 9.96. The largest absolute Gasteiger partial charge is 0.391 e. The Morgan fingerprint density at radius 3 is 2.80 bits per heavy atom. The van der Waals surface area contributed by atoms with E-state index in [0.717, 1.165) is 25.3 Å². The highest BCUT2D eigenvalue weighted by Crippen LogP contribution is 2.21. The van der Waals surface area contributed by atoms with Crippen LogP contribution in [0.5, 0.6) is 0 Å². The zero-order valence-electron chi connectivity index (χ0n) is 11.8. The van der Waals surface area contributed by atoms with Crippen molar-refractivity contribution in [1.29, 1.82) is 0 Å². The Kier molecular flexibility index (Phi) is 3.74. The topological polar surface area (TPSA) is 41.3 Å². The molecule has 1 aliphatic rings. The Morgan fingerprint density at radius 2 is 2.05 bits per heavy atom. The molecule has 2 heterocycles. The van der Waals surface area contributed by atoms with E-state index in [-0.39, 0.29) is 6.10 Å². The van der Waals surface area contributed by atoms with Crippen LogP contribution < -0.4 is 4.90 Å². The zero-order valence-corrected chi connectivity index (χ0v) is 11.8. The second kappa shape index (κ2) is 5.67. The minimum Gasteiger partial charge on any atom is -0.391 e. The van der Waals surface area contributed by atoms with Gasteiger partial charge in [0, 0.05) is 25.4 Å². The minimum absolute atomic E-state index is 0.247. The first-order valence-corrected chi connectivity index (χ1v) is 7.23. The van der Waals surface area contributed by atoms with Crippen LogP contribution in [0.25, 0.3) is 0 Å². The number of aliphatic hydroxyl groups is 1. The summed E-state index contributed by atoms with van der Waals surface area (Å²) in [5.74, 6) is 1.35. The monoisotopic (exact) mass is 271 g/mol. The lowest BCUT2D eigenvalue weighted by Crippen LogP contribution is -2.43. The smallest absolute Gasteiger partial charge is 0.150 e. The first-order valence-electron chi connectivity index (χ1n) is 7.23. The van der Waals surface area contributed by atoms with Crippen molar-refractivity contribution in [3.8, 4) is 0 Å². The van der Waals surface area contributed by atoms with Gasteiger partial charge < -0.3 is 10.0 Å². The normalized spacial score (nSPS) is 23.0. The average molecular weight is 271 g/mol. The number of benzene rings is 1. The molecule has 0 bridgehead atoms. The van der Waals surface area contributed by atoms with Crippen LogP contribution in [-0.2, 0) is 6.54 Å². The number of nitrogens with zero attached hydrogens (tertiary/aromatic N) is 3. The van der Waals surface area contributed by atoms with E-state index in [1.54, 1.807) is 0 Å². The predicted octanol–water partition coefficient (Wildman–Crippen LogP) is 2.14. The molecule has 3 rings (SSSR count). The Morgan fingerprint density at radius 1 is 1.25 bits per heavy atom. The van der Waals surface area contributed by atoms with E-state index < -0.39 is 0 Å². The third-order valence-electron chi connectivity index (χ3n) is 4.06. The van der Waals surface area contributed by atoms with Gasteiger partial charge in [0.2, 0.25) is 0 Å². The first-order chi connectivity index (χ1) is 9.72. The zero-order chi connectivity index (χ0) is 13.9. The molecule has 2 atom stereocenters. The number of hydrogen-bond donors (Lipinski definition) is 1. The highest BCUT2D eigenvalue weighted by molar-refractivity contribution is 5.38. The molecule has 1 saturated heterocycles. The van der Waals surface area contributed by atoms with Crippen molar-refractivity contribution in [2.45, 2.75) is 26.0 Å². The summed E-state index contributed by atoms with van der Waals surface area (Å²) in [5, 5.41) is 14.6. The number of aromatic nitrogens is 2. The Bertz CT molecular complexity index is 552. The van der Waals surface area contributed by atoms with Crippen molar-refractivity contribution in [3.63, 3.8) is 0 Å². The second-order valence-electron chi connectivity index (χ2n) is 5.64. The van der Waals surface area contributed by atoms with Gasteiger partial charge in [-0.2, -0.15) is 5.10 Å². The fraction of sp³-hybridized carbons (Fsp3) is 0.438. The van der Waals surface area contributed by atoms with E-state index in [1.807, 2.05) is 35.1 Å². The van der Waals surface area contributed by atoms with E-state index in [0.29, 0.717) is 12.5 Å². The van der Waals surface area contributed by atoms with Crippen LogP contribution in [0.4, 0.5) is 5.82 Å². The van der Waals surface area contributed by atoms with Crippen LogP contribution in [0.15, 0.2) is 42.6 Å². The van der Waals surface area contributed by atoms with Crippen LogP contribution >= 0.6 is 0 Å². The maximum atomic E-state index is 9.98. The molecular weight excluding hydrogens is 250 g/mol. The van der Waals surface area contributed by atoms with Crippen LogP contribution in [0, 0.1) is 5.92 Å². The van der Waals surface area contributed by atoms with Crippen molar-refractivity contribution in [3.05, 3.63) is 48.2 Å². The van der Waals surface area contributed by atoms with Gasteiger partial charge in [-0.3, -0.25) is 4.68 Å². The summed E-state index contributed by atoms with van der Waals surface area (Å²) in [4.78, 5) is 2.17. The summed E-state index contributed by atoms with van der Waals surface area (Å²) in [5.41, 5.74) is 1.24. The van der Waals surface area contributed by atoms with Gasteiger partial charge in [0.25, 0.3) is 0 Å². The molecule has 106 valence electrons. The minimum atomic E-state index is -0.247. The van der Waals surface area contributed by atoms with Crippen LogP contribution in [0.3, 0.4) is 0 Å². The summed E-state index contributed by atoms with van der Waals surface area (Å²) in [6, 6.07) is 12.4. The van der Waals surface area contributed by atoms with Gasteiger partial charge in [-0.1, -0.05) is 37.3 Å². The summed E-state index contributed by atoms with van der Waals surface area (Å²) >= 11 is 0. The molecule has 0 amide bonds. The predicted molar refractivity (Wildman–Crippen MR) is 79.8 cm³/mol. The molecule has 1 N–H and O–H groups in total. The molecule has 4 nitrogen and oxygen atoms in total. The van der Waals surface area contributed by atoms with Gasteiger partial charge in [-0.05, 0) is 17.9 Å². The lowest BCUT2D eigenvalue weighted by molar-refractivity contribution is 0.102. The molecule has 2 aromatic rings. The molecule has 4 heteroatoms. The molecule has 1 fully saturated rings. The SMILES string of the molecule is C[C@H]1CCN(c2ccn(Cc3ccccc3)n2)C[C@@H]1O. The van der Waals surface area contributed by atoms with Gasteiger partial charge in [-0.25, -0.2) is 0 Å². The molecule has 0 spiro atoms. The van der Waals surface area contributed by atoms with Crippen LogP contribution in [-0.4, -0.2) is 34.1 Å². The van der Waals surface area contributed by atoms with Crippen molar-refractivity contribution in [1.82, 2.24) is 9.78 Å². The number of aliphatic hydroxyl groups excluding tert-OH is 1.